The van der Waals surface area contributed by atoms with E-state index in [1.807, 2.05) is 0 Å². The van der Waals surface area contributed by atoms with Gasteiger partial charge in [-0.25, -0.2) is 0 Å². The van der Waals surface area contributed by atoms with Gasteiger partial charge in [-0.3, -0.25) is 9.00 Å². The molecule has 0 amide bonds. The summed E-state index contributed by atoms with van der Waals surface area (Å²) in [6.45, 7) is 1.71. The first kappa shape index (κ1) is 8.62. The van der Waals surface area contributed by atoms with Crippen LogP contribution in [0.15, 0.2) is 0 Å². The molecule has 0 rings (SSSR count). The minimum Gasteiger partial charge on any atom is -0.480 e. The molecule has 54 valence electrons. The van der Waals surface area contributed by atoms with Crippen molar-refractivity contribution in [3.63, 3.8) is 0 Å². The zero-order valence-corrected chi connectivity index (χ0v) is 6.27. The summed E-state index contributed by atoms with van der Waals surface area (Å²) in [5.74, 6) is -0.974. The predicted molar refractivity (Wildman–Crippen MR) is 35.8 cm³/mol. The molecular weight excluding hydrogens is 140 g/mol. The number of hydrogen-bond acceptors (Lipinski definition) is 2. The van der Waals surface area contributed by atoms with Crippen LogP contribution in [0.4, 0.5) is 0 Å². The first-order chi connectivity index (χ1) is 4.09. The Kier molecular flexibility index (Phi) is 3.46. The molecule has 0 aliphatic carbocycles. The molecule has 4 heteroatoms. The van der Waals surface area contributed by atoms with Gasteiger partial charge >= 0.3 is 5.97 Å². The van der Waals surface area contributed by atoms with E-state index in [4.69, 9.17) is 5.11 Å². The molecule has 3 nitrogen and oxygen atoms in total. The average molecular weight is 150 g/mol. The second-order valence-corrected chi connectivity index (χ2v) is 3.30. The highest BCUT2D eigenvalue weighted by Gasteiger charge is 2.17. The monoisotopic (exact) mass is 150 g/mol. The molecule has 2 unspecified atom stereocenters. The number of rotatable bonds is 3. The Morgan fingerprint density at radius 1 is 1.78 bits per heavy atom. The fraction of sp³-hybridized carbons (Fsp3) is 0.800. The largest absolute Gasteiger partial charge is 0.480 e. The Morgan fingerprint density at radius 2 is 2.22 bits per heavy atom. The Labute approximate surface area is 56.5 Å². The van der Waals surface area contributed by atoms with Crippen LogP contribution in [0.25, 0.3) is 0 Å². The van der Waals surface area contributed by atoms with Crippen molar-refractivity contribution in [3.8, 4) is 0 Å². The number of carbonyl (C=O) groups is 1. The van der Waals surface area contributed by atoms with Crippen molar-refractivity contribution in [1.29, 1.82) is 0 Å². The second kappa shape index (κ2) is 3.61. The Balaban J connectivity index is 3.99. The molecule has 0 fully saturated rings. The minimum absolute atomic E-state index is 0.429. The molecule has 0 aromatic rings. The lowest BCUT2D eigenvalue weighted by molar-refractivity contribution is -0.136. The molecule has 0 aromatic carbocycles. The fourth-order valence-electron chi connectivity index (χ4n) is 0.551. The third-order valence-corrected chi connectivity index (χ3v) is 2.38. The molecular formula is C5H10O3S. The number of carboxylic acids is 1. The van der Waals surface area contributed by atoms with Gasteiger partial charge in [-0.2, -0.15) is 0 Å². The Morgan fingerprint density at radius 3 is 2.22 bits per heavy atom. The second-order valence-electron chi connectivity index (χ2n) is 1.73. The van der Waals surface area contributed by atoms with Gasteiger partial charge in [-0.05, 0) is 6.42 Å². The van der Waals surface area contributed by atoms with Crippen molar-refractivity contribution in [1.82, 2.24) is 0 Å². The quantitative estimate of drug-likeness (QED) is 0.626. The molecule has 0 saturated carbocycles. The van der Waals surface area contributed by atoms with Crippen molar-refractivity contribution < 1.29 is 14.1 Å². The third-order valence-electron chi connectivity index (χ3n) is 1.05. The summed E-state index contributed by atoms with van der Waals surface area (Å²) < 4.78 is 10.5. The molecule has 0 saturated heterocycles. The van der Waals surface area contributed by atoms with Gasteiger partial charge in [0.05, 0.1) is 0 Å². The smallest absolute Gasteiger partial charge is 0.319 e. The van der Waals surface area contributed by atoms with Gasteiger partial charge in [-0.15, -0.1) is 0 Å². The molecule has 2 atom stereocenters. The van der Waals surface area contributed by atoms with Gasteiger partial charge < -0.3 is 5.11 Å². The minimum atomic E-state index is -1.23. The normalized spacial score (nSPS) is 16.7. The summed E-state index contributed by atoms with van der Waals surface area (Å²) in [7, 11) is -1.23. The Hall–Kier alpha value is -0.380. The van der Waals surface area contributed by atoms with E-state index in [1.54, 1.807) is 6.92 Å². The van der Waals surface area contributed by atoms with E-state index < -0.39 is 22.0 Å². The summed E-state index contributed by atoms with van der Waals surface area (Å²) in [6, 6.07) is 0. The van der Waals surface area contributed by atoms with E-state index in [1.165, 1.54) is 6.26 Å². The summed E-state index contributed by atoms with van der Waals surface area (Å²) in [5.41, 5.74) is 0. The van der Waals surface area contributed by atoms with Crippen LogP contribution in [-0.4, -0.2) is 26.8 Å². The lowest BCUT2D eigenvalue weighted by Crippen LogP contribution is -2.23. The van der Waals surface area contributed by atoms with E-state index in [0.717, 1.165) is 0 Å². The summed E-state index contributed by atoms with van der Waals surface area (Å²) in [4.78, 5) is 10.2. The van der Waals surface area contributed by atoms with Gasteiger partial charge in [0.2, 0.25) is 0 Å². The van der Waals surface area contributed by atoms with E-state index in [-0.39, 0.29) is 0 Å². The molecule has 0 aliphatic heterocycles. The SMILES string of the molecule is CCC(C(=O)O)S(C)=O. The van der Waals surface area contributed by atoms with Crippen LogP contribution in [0.2, 0.25) is 0 Å². The van der Waals surface area contributed by atoms with Crippen LogP contribution in [-0.2, 0) is 15.6 Å². The van der Waals surface area contributed by atoms with Crippen molar-refractivity contribution in [3.05, 3.63) is 0 Å². The van der Waals surface area contributed by atoms with Gasteiger partial charge in [-0.1, -0.05) is 6.92 Å². The topological polar surface area (TPSA) is 54.4 Å². The Bertz CT molecular complexity index is 118. The highest BCUT2D eigenvalue weighted by molar-refractivity contribution is 7.85. The van der Waals surface area contributed by atoms with Crippen molar-refractivity contribution in [2.75, 3.05) is 6.26 Å². The summed E-state index contributed by atoms with van der Waals surface area (Å²) >= 11 is 0. The molecule has 9 heavy (non-hydrogen) atoms. The highest BCUT2D eigenvalue weighted by atomic mass is 32.2. The van der Waals surface area contributed by atoms with Crippen LogP contribution in [0.3, 0.4) is 0 Å². The van der Waals surface area contributed by atoms with Crippen molar-refractivity contribution >= 4 is 16.8 Å². The predicted octanol–water partition coefficient (Wildman–Crippen LogP) is 0.228. The summed E-state index contributed by atoms with van der Waals surface area (Å²) in [6.07, 6.45) is 1.83. The lowest BCUT2D eigenvalue weighted by atomic mass is 10.3. The maximum Gasteiger partial charge on any atom is 0.319 e. The third kappa shape index (κ3) is 2.60. The van der Waals surface area contributed by atoms with Gasteiger partial charge in [0, 0.05) is 17.1 Å². The molecule has 0 aliphatic rings. The summed E-state index contributed by atoms with van der Waals surface area (Å²) in [5, 5.41) is 7.66. The molecule has 0 heterocycles. The first-order valence-electron chi connectivity index (χ1n) is 2.64. The highest BCUT2D eigenvalue weighted by Crippen LogP contribution is 1.98. The number of aliphatic carboxylic acids is 1. The van der Waals surface area contributed by atoms with Crippen molar-refractivity contribution in [2.45, 2.75) is 18.6 Å². The van der Waals surface area contributed by atoms with Crippen LogP contribution in [0.5, 0.6) is 0 Å². The number of hydrogen-bond donors (Lipinski definition) is 1. The van der Waals surface area contributed by atoms with E-state index in [0.29, 0.717) is 6.42 Å². The van der Waals surface area contributed by atoms with Crippen LogP contribution in [0, 0.1) is 0 Å². The van der Waals surface area contributed by atoms with Gasteiger partial charge in [0.1, 0.15) is 5.25 Å². The van der Waals surface area contributed by atoms with E-state index in [2.05, 4.69) is 0 Å². The van der Waals surface area contributed by atoms with Gasteiger partial charge in [0.15, 0.2) is 0 Å². The first-order valence-corrected chi connectivity index (χ1v) is 4.26. The molecule has 0 radical (unpaired) electrons. The zero-order valence-electron chi connectivity index (χ0n) is 5.46. The molecule has 0 bridgehead atoms. The van der Waals surface area contributed by atoms with Crippen LogP contribution < -0.4 is 0 Å². The number of carboxylic acid groups (broad SMARTS) is 1. The van der Waals surface area contributed by atoms with E-state index >= 15 is 0 Å². The molecule has 0 aromatic heterocycles. The van der Waals surface area contributed by atoms with Crippen LogP contribution in [0.1, 0.15) is 13.3 Å². The maximum absolute atomic E-state index is 10.5. The lowest BCUT2D eigenvalue weighted by Gasteiger charge is -2.02. The van der Waals surface area contributed by atoms with Gasteiger partial charge in [0.25, 0.3) is 0 Å². The fourth-order valence-corrected chi connectivity index (χ4v) is 1.30. The zero-order chi connectivity index (χ0) is 7.44. The molecule has 0 spiro atoms. The molecule has 1 N–H and O–H groups in total. The standard InChI is InChI=1S/C5H10O3S/c1-3-4(5(6)7)9(2)8/h4H,3H2,1-2H3,(H,6,7). The van der Waals surface area contributed by atoms with E-state index in [9.17, 15) is 9.00 Å². The van der Waals surface area contributed by atoms with Crippen LogP contribution >= 0.6 is 0 Å². The van der Waals surface area contributed by atoms with Crippen molar-refractivity contribution in [2.24, 2.45) is 0 Å². The average Bonchev–Trinajstić information content (AvgIpc) is 1.64. The maximum atomic E-state index is 10.5.